The molecule has 0 aliphatic rings. The van der Waals surface area contributed by atoms with Crippen LogP contribution < -0.4 is 166 Å². The number of benzene rings is 2. The Kier molecular flexibility index (Phi) is 21.6. The maximum absolute atomic E-state index is 11.1. The minimum Gasteiger partial charge on any atom is -0.780 e. The molecule has 12 nitrogen and oxygen atoms in total. The first kappa shape index (κ1) is 41.8. The van der Waals surface area contributed by atoms with Crippen molar-refractivity contribution in [3.05, 3.63) is 35.4 Å². The van der Waals surface area contributed by atoms with Crippen LogP contribution in [0.15, 0.2) is 24.3 Å². The number of hydrogen-bond donors (Lipinski definition) is 0. The average Bonchev–Trinajstić information content (AvgIpc) is 2.68. The van der Waals surface area contributed by atoms with Crippen LogP contribution in [0.3, 0.4) is 0 Å². The zero-order valence-electron chi connectivity index (χ0n) is 21.3. The Hall–Kier alpha value is 1.28. The van der Waals surface area contributed by atoms with E-state index in [2.05, 4.69) is 9.05 Å². The van der Waals surface area contributed by atoms with Gasteiger partial charge in [0.05, 0.1) is 28.4 Å². The van der Waals surface area contributed by atoms with Crippen molar-refractivity contribution < 1.29 is 175 Å². The quantitative estimate of drug-likeness (QED) is 0.147. The number of hydrogen-bond acceptors (Lipinski definition) is 12. The van der Waals surface area contributed by atoms with Crippen LogP contribution in [-0.4, -0.2) is 28.4 Å². The van der Waals surface area contributed by atoms with E-state index in [0.29, 0.717) is 22.8 Å². The van der Waals surface area contributed by atoms with Crippen molar-refractivity contribution in [1.82, 2.24) is 0 Å². The second-order valence-corrected chi connectivity index (χ2v) is 8.07. The molecule has 0 N–H and O–H groups in total. The molecule has 0 aliphatic heterocycles. The topological polar surface area (TPSA) is 182 Å². The standard InChI is InChI=1S/C18H22O12P2.4Na/c1-25-13-7-11(8-14(26-2)17(13)27-3)5-6-12-9-15(29-31(19,20)21)18(28-4)16(10-12)30-32(22,23)24;;;;/h5-10H,1-4H3,(H2,19,20,21)(H2,22,23,24);;;;/q;4*+1/p-4/b6-5-;;;;. The van der Waals surface area contributed by atoms with Gasteiger partial charge in [0.25, 0.3) is 0 Å². The predicted molar refractivity (Wildman–Crippen MR) is 104 cm³/mol. The Bertz CT molecular complexity index is 1030. The van der Waals surface area contributed by atoms with Crippen molar-refractivity contribution in [2.45, 2.75) is 0 Å². The van der Waals surface area contributed by atoms with Crippen molar-refractivity contribution in [3.8, 4) is 34.5 Å². The summed E-state index contributed by atoms with van der Waals surface area (Å²) < 4.78 is 51.4. The van der Waals surface area contributed by atoms with E-state index in [1.54, 1.807) is 12.1 Å². The van der Waals surface area contributed by atoms with E-state index in [1.807, 2.05) is 0 Å². The van der Waals surface area contributed by atoms with Gasteiger partial charge in [0.15, 0.2) is 23.0 Å². The molecule has 0 atom stereocenters. The Morgan fingerprint density at radius 1 is 0.556 bits per heavy atom. The average molecular weight is 580 g/mol. The maximum Gasteiger partial charge on any atom is 1.00 e. The van der Waals surface area contributed by atoms with Crippen LogP contribution in [0.25, 0.3) is 12.2 Å². The monoisotopic (exact) mass is 580 g/mol. The third-order valence-corrected chi connectivity index (χ3v) is 4.66. The van der Waals surface area contributed by atoms with Crippen LogP contribution in [0.5, 0.6) is 34.5 Å². The van der Waals surface area contributed by atoms with E-state index in [4.69, 9.17) is 18.9 Å². The first-order chi connectivity index (χ1) is 14.9. The van der Waals surface area contributed by atoms with Crippen LogP contribution in [-0.2, 0) is 9.13 Å². The number of phosphoric ester groups is 2. The number of methoxy groups -OCH3 is 4. The van der Waals surface area contributed by atoms with Gasteiger partial charge < -0.3 is 56.7 Å². The van der Waals surface area contributed by atoms with E-state index in [0.717, 1.165) is 19.2 Å². The molecule has 0 bridgehead atoms. The minimum atomic E-state index is -5.56. The molecule has 0 amide bonds. The van der Waals surface area contributed by atoms with Crippen LogP contribution in [0.1, 0.15) is 11.1 Å². The van der Waals surface area contributed by atoms with Crippen LogP contribution in [0.2, 0.25) is 0 Å². The molecule has 0 unspecified atom stereocenters. The molecule has 36 heavy (non-hydrogen) atoms. The van der Waals surface area contributed by atoms with E-state index >= 15 is 0 Å². The third-order valence-electron chi connectivity index (χ3n) is 3.82. The van der Waals surface area contributed by atoms with Gasteiger partial charge in [0.1, 0.15) is 15.6 Å². The summed E-state index contributed by atoms with van der Waals surface area (Å²) in [5.41, 5.74) is 0.642. The molecule has 176 valence electrons. The van der Waals surface area contributed by atoms with Crippen molar-refractivity contribution in [1.29, 1.82) is 0 Å². The van der Waals surface area contributed by atoms with Gasteiger partial charge in [0, 0.05) is 0 Å². The molecule has 0 saturated carbocycles. The largest absolute Gasteiger partial charge is 1.00 e. The van der Waals surface area contributed by atoms with Crippen LogP contribution >= 0.6 is 15.6 Å². The van der Waals surface area contributed by atoms with Gasteiger partial charge in [-0.2, -0.15) is 0 Å². The van der Waals surface area contributed by atoms with Crippen LogP contribution in [0, 0.1) is 0 Å². The van der Waals surface area contributed by atoms with Gasteiger partial charge in [0.2, 0.25) is 11.5 Å². The summed E-state index contributed by atoms with van der Waals surface area (Å²) in [5.74, 6) is -0.856. The number of rotatable bonds is 10. The predicted octanol–water partition coefficient (Wildman–Crippen LogP) is -11.7. The summed E-state index contributed by atoms with van der Waals surface area (Å²) in [6.45, 7) is 0. The molecule has 0 aliphatic carbocycles. The Morgan fingerprint density at radius 3 is 1.08 bits per heavy atom. The van der Waals surface area contributed by atoms with Crippen LogP contribution in [0.4, 0.5) is 0 Å². The zero-order valence-corrected chi connectivity index (χ0v) is 31.0. The smallest absolute Gasteiger partial charge is 0.780 e. The minimum absolute atomic E-state index is 0. The zero-order chi connectivity index (χ0) is 24.1. The molecule has 0 saturated heterocycles. The fraction of sp³-hybridized carbons (Fsp3) is 0.222. The Morgan fingerprint density at radius 2 is 0.833 bits per heavy atom. The first-order valence-corrected chi connectivity index (χ1v) is 11.5. The van der Waals surface area contributed by atoms with Crippen molar-refractivity contribution in [3.63, 3.8) is 0 Å². The molecular formula is C18H18Na4O12P2. The normalized spacial score (nSPS) is 10.6. The molecule has 2 rings (SSSR count). The molecule has 2 aromatic rings. The summed E-state index contributed by atoms with van der Waals surface area (Å²) in [5, 5.41) is 0. The maximum atomic E-state index is 11.1. The fourth-order valence-electron chi connectivity index (χ4n) is 2.66. The fourth-order valence-corrected chi connectivity index (χ4v) is 3.41. The Balaban J connectivity index is -0.00000272. The van der Waals surface area contributed by atoms with E-state index in [1.165, 1.54) is 33.5 Å². The summed E-state index contributed by atoms with van der Waals surface area (Å²) >= 11 is 0. The summed E-state index contributed by atoms with van der Waals surface area (Å²) in [4.78, 5) is 44.3. The number of ether oxygens (including phenoxy) is 4. The molecular weight excluding hydrogens is 562 g/mol. The van der Waals surface area contributed by atoms with Gasteiger partial charge in [-0.25, -0.2) is 0 Å². The van der Waals surface area contributed by atoms with Crippen molar-refractivity contribution >= 4 is 27.8 Å². The molecule has 0 spiro atoms. The summed E-state index contributed by atoms with van der Waals surface area (Å²) in [7, 11) is -5.80. The molecule has 0 heterocycles. The SMILES string of the molecule is COc1cc(/C=C\c2cc(OP(=O)([O-])[O-])c(OC)c(OP(=O)([O-])[O-])c2)cc(OC)c1OC.[Na+].[Na+].[Na+].[Na+]. The van der Waals surface area contributed by atoms with Gasteiger partial charge in [-0.15, -0.1) is 0 Å². The summed E-state index contributed by atoms with van der Waals surface area (Å²) in [6, 6.07) is 5.35. The van der Waals surface area contributed by atoms with Gasteiger partial charge in [-0.1, -0.05) is 12.2 Å². The second-order valence-electron chi connectivity index (χ2n) is 5.92. The molecule has 0 radical (unpaired) electrons. The summed E-state index contributed by atoms with van der Waals surface area (Å²) in [6.07, 6.45) is 2.91. The van der Waals surface area contributed by atoms with Crippen molar-refractivity contribution in [2.24, 2.45) is 0 Å². The van der Waals surface area contributed by atoms with E-state index in [-0.39, 0.29) is 124 Å². The second kappa shape index (κ2) is 18.6. The van der Waals surface area contributed by atoms with Gasteiger partial charge in [-0.05, 0) is 35.4 Å². The number of phosphoric acid groups is 2. The molecule has 18 heteroatoms. The van der Waals surface area contributed by atoms with E-state index in [9.17, 15) is 28.7 Å². The van der Waals surface area contributed by atoms with Gasteiger partial charge in [-0.3, -0.25) is 0 Å². The third kappa shape index (κ3) is 13.1. The van der Waals surface area contributed by atoms with Gasteiger partial charge >= 0.3 is 118 Å². The Labute approximate surface area is 297 Å². The molecule has 2 aromatic carbocycles. The van der Waals surface area contributed by atoms with Crippen molar-refractivity contribution in [2.75, 3.05) is 28.4 Å². The van der Waals surface area contributed by atoms with E-state index < -0.39 is 32.9 Å². The molecule has 0 aromatic heterocycles. The first-order valence-electron chi connectivity index (χ1n) is 8.54. The molecule has 0 fully saturated rings.